The molecule has 1 aromatic rings. The molecule has 0 aromatic heterocycles. The van der Waals surface area contributed by atoms with Gasteiger partial charge >= 0.3 is 0 Å². The quantitative estimate of drug-likeness (QED) is 0.635. The minimum absolute atomic E-state index is 0.0353. The number of benzene rings is 1. The molecule has 1 aliphatic heterocycles. The van der Waals surface area contributed by atoms with Crippen LogP contribution in [-0.2, 0) is 10.2 Å². The maximum absolute atomic E-state index is 13.6. The Hall–Kier alpha value is -2.86. The van der Waals surface area contributed by atoms with E-state index in [0.29, 0.717) is 5.57 Å². The van der Waals surface area contributed by atoms with Crippen molar-refractivity contribution >= 4 is 11.6 Å². The number of rotatable bonds is 3. The molecule has 3 atom stereocenters. The van der Waals surface area contributed by atoms with Gasteiger partial charge in [-0.25, -0.2) is 0 Å². The first-order chi connectivity index (χ1) is 14.5. The van der Waals surface area contributed by atoms with Gasteiger partial charge in [-0.2, -0.15) is 0 Å². The van der Waals surface area contributed by atoms with E-state index in [9.17, 15) is 24.9 Å². The van der Waals surface area contributed by atoms with Gasteiger partial charge < -0.3 is 20.1 Å². The third-order valence-electron chi connectivity index (χ3n) is 7.14. The molecule has 0 saturated carbocycles. The number of aromatic hydroxyl groups is 2. The van der Waals surface area contributed by atoms with Gasteiger partial charge in [0.15, 0.2) is 11.5 Å². The van der Waals surface area contributed by atoms with Gasteiger partial charge in [0.2, 0.25) is 5.78 Å². The SMILES string of the molecule is C=C[C@@](C)(CO)c1c(O)cc2c(c1O)C(=O)C1=C(C2=O)[C@@H]2C=C(C)CC[C@@H]2C(C)(C)O1. The molecule has 3 aliphatic rings. The van der Waals surface area contributed by atoms with Crippen LogP contribution in [0.1, 0.15) is 66.8 Å². The van der Waals surface area contributed by atoms with Crippen molar-refractivity contribution in [2.45, 2.75) is 51.6 Å². The van der Waals surface area contributed by atoms with Gasteiger partial charge in [-0.1, -0.05) is 17.7 Å². The van der Waals surface area contributed by atoms with Gasteiger partial charge in [0, 0.05) is 28.4 Å². The smallest absolute Gasteiger partial charge is 0.232 e. The van der Waals surface area contributed by atoms with E-state index in [1.54, 1.807) is 6.92 Å². The highest BCUT2D eigenvalue weighted by Crippen LogP contribution is 2.52. The predicted molar refractivity (Wildman–Crippen MR) is 115 cm³/mol. The molecule has 0 unspecified atom stereocenters. The average Bonchev–Trinajstić information content (AvgIpc) is 2.70. The zero-order chi connectivity index (χ0) is 22.9. The minimum atomic E-state index is -1.21. The summed E-state index contributed by atoms with van der Waals surface area (Å²) >= 11 is 0. The van der Waals surface area contributed by atoms with Crippen molar-refractivity contribution in [3.63, 3.8) is 0 Å². The third-order valence-corrected chi connectivity index (χ3v) is 7.14. The zero-order valence-electron chi connectivity index (χ0n) is 18.3. The first kappa shape index (κ1) is 21.4. The van der Waals surface area contributed by atoms with Gasteiger partial charge in [0.25, 0.3) is 0 Å². The molecule has 0 bridgehead atoms. The number of hydrogen-bond acceptors (Lipinski definition) is 6. The van der Waals surface area contributed by atoms with E-state index in [-0.39, 0.29) is 40.0 Å². The van der Waals surface area contributed by atoms with Crippen LogP contribution >= 0.6 is 0 Å². The minimum Gasteiger partial charge on any atom is -0.507 e. The Morgan fingerprint density at radius 1 is 1.29 bits per heavy atom. The molecule has 0 fully saturated rings. The summed E-state index contributed by atoms with van der Waals surface area (Å²) in [6.45, 7) is 10.6. The standard InChI is InChI=1S/C25H28O6/c1-6-25(5,11-26)19-16(27)10-14-17(21(19)29)22(30)23-18(20(14)28)13-9-12(2)7-8-15(13)24(3,4)31-23/h6,9-10,13,15,26-27,29H,1,7-8,11H2,2-5H3/t13-,15+,25+/m1/s1. The third kappa shape index (κ3) is 2.88. The molecule has 31 heavy (non-hydrogen) atoms. The number of aliphatic hydroxyl groups is 1. The van der Waals surface area contributed by atoms with E-state index in [4.69, 9.17) is 4.74 Å². The second kappa shape index (κ2) is 6.82. The molecule has 1 heterocycles. The molecule has 0 radical (unpaired) electrons. The van der Waals surface area contributed by atoms with Crippen molar-refractivity contribution in [3.05, 3.63) is 58.4 Å². The number of fused-ring (bicyclic) bond motifs is 3. The lowest BCUT2D eigenvalue weighted by atomic mass is 9.65. The number of carbonyl (C=O) groups excluding carboxylic acids is 2. The van der Waals surface area contributed by atoms with Crippen LogP contribution in [0.3, 0.4) is 0 Å². The summed E-state index contributed by atoms with van der Waals surface area (Å²) in [5.74, 6) is -2.19. The lowest BCUT2D eigenvalue weighted by Gasteiger charge is -2.47. The van der Waals surface area contributed by atoms with Crippen molar-refractivity contribution < 1.29 is 29.6 Å². The van der Waals surface area contributed by atoms with E-state index in [0.717, 1.165) is 18.4 Å². The fourth-order valence-corrected chi connectivity index (χ4v) is 5.23. The average molecular weight is 424 g/mol. The van der Waals surface area contributed by atoms with E-state index in [2.05, 4.69) is 6.58 Å². The van der Waals surface area contributed by atoms with Crippen LogP contribution in [0.5, 0.6) is 11.5 Å². The molecule has 2 aliphatic carbocycles. The number of aliphatic hydroxyl groups excluding tert-OH is 1. The molecule has 3 N–H and O–H groups in total. The van der Waals surface area contributed by atoms with E-state index < -0.39 is 34.9 Å². The molecule has 6 heteroatoms. The molecule has 1 aromatic carbocycles. The molecule has 4 rings (SSSR count). The van der Waals surface area contributed by atoms with Crippen LogP contribution in [0.15, 0.2) is 41.7 Å². The maximum atomic E-state index is 13.6. The molecule has 0 spiro atoms. The van der Waals surface area contributed by atoms with E-state index in [1.807, 2.05) is 26.8 Å². The molecular weight excluding hydrogens is 396 g/mol. The molecular formula is C25H28O6. The van der Waals surface area contributed by atoms with Gasteiger partial charge in [-0.15, -0.1) is 6.58 Å². The molecule has 164 valence electrons. The van der Waals surface area contributed by atoms with Crippen molar-refractivity contribution in [2.24, 2.45) is 11.8 Å². The van der Waals surface area contributed by atoms with Crippen LogP contribution in [-0.4, -0.2) is 39.1 Å². The number of allylic oxidation sites excluding steroid dienone is 4. The summed E-state index contributed by atoms with van der Waals surface area (Å²) in [6, 6.07) is 1.21. The highest BCUT2D eigenvalue weighted by atomic mass is 16.5. The zero-order valence-corrected chi connectivity index (χ0v) is 18.3. The molecule has 0 saturated heterocycles. The summed E-state index contributed by atoms with van der Waals surface area (Å²) in [5.41, 5.74) is -0.722. The van der Waals surface area contributed by atoms with Crippen molar-refractivity contribution in [3.8, 4) is 11.5 Å². The highest BCUT2D eigenvalue weighted by Gasteiger charge is 2.52. The largest absolute Gasteiger partial charge is 0.507 e. The van der Waals surface area contributed by atoms with Crippen LogP contribution in [0.25, 0.3) is 0 Å². The van der Waals surface area contributed by atoms with Crippen molar-refractivity contribution in [2.75, 3.05) is 6.61 Å². The summed E-state index contributed by atoms with van der Waals surface area (Å²) in [5, 5.41) is 31.5. The van der Waals surface area contributed by atoms with Gasteiger partial charge in [-0.05, 0) is 46.6 Å². The Labute approximate surface area is 181 Å². The topological polar surface area (TPSA) is 104 Å². The fourth-order valence-electron chi connectivity index (χ4n) is 5.23. The number of phenols is 2. The van der Waals surface area contributed by atoms with Crippen LogP contribution in [0.2, 0.25) is 0 Å². The second-order valence-electron chi connectivity index (χ2n) is 9.61. The Morgan fingerprint density at radius 3 is 2.58 bits per heavy atom. The van der Waals surface area contributed by atoms with E-state index in [1.165, 1.54) is 12.1 Å². The van der Waals surface area contributed by atoms with Gasteiger partial charge in [-0.3, -0.25) is 9.59 Å². The normalized spacial score (nSPS) is 26.2. The fraction of sp³-hybridized carbons (Fsp3) is 0.440. The first-order valence-corrected chi connectivity index (χ1v) is 10.5. The second-order valence-corrected chi connectivity index (χ2v) is 9.61. The molecule has 0 amide bonds. The van der Waals surface area contributed by atoms with E-state index >= 15 is 0 Å². The maximum Gasteiger partial charge on any atom is 0.232 e. The Kier molecular flexibility index (Phi) is 4.70. The Bertz CT molecular complexity index is 1090. The summed E-state index contributed by atoms with van der Waals surface area (Å²) in [4.78, 5) is 27.1. The van der Waals surface area contributed by atoms with Crippen molar-refractivity contribution in [1.82, 2.24) is 0 Å². The number of ketones is 2. The lowest BCUT2D eigenvalue weighted by Crippen LogP contribution is -2.48. The highest BCUT2D eigenvalue weighted by molar-refractivity contribution is 6.28. The first-order valence-electron chi connectivity index (χ1n) is 10.5. The summed E-state index contributed by atoms with van der Waals surface area (Å²) in [6.07, 6.45) is 5.17. The number of hydrogen-bond donors (Lipinski definition) is 3. The van der Waals surface area contributed by atoms with Gasteiger partial charge in [0.1, 0.15) is 17.1 Å². The monoisotopic (exact) mass is 424 g/mol. The van der Waals surface area contributed by atoms with Crippen molar-refractivity contribution in [1.29, 1.82) is 0 Å². The number of Topliss-reactive ketones (excluding diaryl/α,β-unsaturated/α-hetero) is 2. The number of carbonyl (C=O) groups is 2. The van der Waals surface area contributed by atoms with Crippen LogP contribution in [0.4, 0.5) is 0 Å². The van der Waals surface area contributed by atoms with Gasteiger partial charge in [0.05, 0.1) is 17.7 Å². The number of phenolic OH excluding ortho intramolecular Hbond substituents is 2. The lowest BCUT2D eigenvalue weighted by molar-refractivity contribution is -0.0493. The summed E-state index contributed by atoms with van der Waals surface area (Å²) < 4.78 is 6.12. The predicted octanol–water partition coefficient (Wildman–Crippen LogP) is 3.95. The van der Waals surface area contributed by atoms with Crippen LogP contribution in [0, 0.1) is 11.8 Å². The summed E-state index contributed by atoms with van der Waals surface area (Å²) in [7, 11) is 0. The number of ether oxygens (including phenoxy) is 1. The molecule has 6 nitrogen and oxygen atoms in total. The Balaban J connectivity index is 1.97. The van der Waals surface area contributed by atoms with Crippen LogP contribution < -0.4 is 0 Å². The Morgan fingerprint density at radius 2 is 1.97 bits per heavy atom.